The second-order valence-electron chi connectivity index (χ2n) is 5.46. The van der Waals surface area contributed by atoms with Crippen molar-refractivity contribution < 1.29 is 34.1 Å². The van der Waals surface area contributed by atoms with Crippen molar-refractivity contribution >= 4 is 49.7 Å². The summed E-state index contributed by atoms with van der Waals surface area (Å²) < 4.78 is 15.6. The number of nitrogens with one attached hydrogen (secondary N) is 1. The summed E-state index contributed by atoms with van der Waals surface area (Å²) in [4.78, 5) is 23.3. The van der Waals surface area contributed by atoms with Crippen molar-refractivity contribution in [3.8, 4) is 28.7 Å². The second kappa shape index (κ2) is 9.63. The lowest BCUT2D eigenvalue weighted by Gasteiger charge is -2.14. The van der Waals surface area contributed by atoms with Gasteiger partial charge in [0.1, 0.15) is 21.5 Å². The fraction of sp³-hybridized carbons (Fsp3) is 0.176. The lowest BCUT2D eigenvalue weighted by molar-refractivity contribution is -0.386. The predicted octanol–water partition coefficient (Wildman–Crippen LogP) is 3.32. The molecule has 160 valence electrons. The Balaban J connectivity index is 2.45. The highest BCUT2D eigenvalue weighted by atomic mass is 79.9. The highest BCUT2D eigenvalue weighted by Crippen LogP contribution is 2.46. The van der Waals surface area contributed by atoms with Gasteiger partial charge in [-0.3, -0.25) is 14.9 Å². The van der Waals surface area contributed by atoms with E-state index in [4.69, 9.17) is 14.2 Å². The summed E-state index contributed by atoms with van der Waals surface area (Å²) in [7, 11) is 3.76. The van der Waals surface area contributed by atoms with Crippen LogP contribution in [0.2, 0.25) is 0 Å². The molecule has 0 spiro atoms. The third-order valence-electron chi connectivity index (χ3n) is 3.80. The maximum absolute atomic E-state index is 12.6. The van der Waals surface area contributed by atoms with E-state index < -0.39 is 16.5 Å². The minimum Gasteiger partial charge on any atom is -0.506 e. The highest BCUT2D eigenvalue weighted by Gasteiger charge is 2.32. The average molecular weight is 549 g/mol. The van der Waals surface area contributed by atoms with Crippen LogP contribution in [-0.2, 0) is 0 Å². The molecule has 1 amide bonds. The van der Waals surface area contributed by atoms with Crippen molar-refractivity contribution in [2.45, 2.75) is 0 Å². The van der Waals surface area contributed by atoms with E-state index in [1.54, 1.807) is 0 Å². The van der Waals surface area contributed by atoms with E-state index >= 15 is 0 Å². The molecule has 0 heterocycles. The monoisotopic (exact) mass is 547 g/mol. The van der Waals surface area contributed by atoms with Gasteiger partial charge in [-0.1, -0.05) is 0 Å². The number of hydrogen-bond acceptors (Lipinski definition) is 9. The van der Waals surface area contributed by atoms with E-state index in [-0.39, 0.29) is 48.8 Å². The van der Waals surface area contributed by atoms with E-state index in [1.165, 1.54) is 27.4 Å². The van der Waals surface area contributed by atoms with Crippen molar-refractivity contribution in [2.75, 3.05) is 21.3 Å². The molecular weight excluding hydrogens is 534 g/mol. The number of phenols is 2. The maximum Gasteiger partial charge on any atom is 0.327 e. The molecule has 0 aromatic heterocycles. The van der Waals surface area contributed by atoms with Gasteiger partial charge in [-0.2, -0.15) is 5.10 Å². The van der Waals surface area contributed by atoms with Crippen molar-refractivity contribution in [3.63, 3.8) is 0 Å². The molecule has 0 fully saturated rings. The lowest BCUT2D eigenvalue weighted by Crippen LogP contribution is -2.20. The smallest absolute Gasteiger partial charge is 0.327 e. The van der Waals surface area contributed by atoms with E-state index in [1.807, 2.05) is 0 Å². The number of hydrazone groups is 1. The Bertz CT molecular complexity index is 1040. The number of carbonyl (C=O) groups is 1. The minimum atomic E-state index is -0.936. The molecule has 0 aliphatic carbocycles. The number of ether oxygens (including phenoxy) is 3. The first-order chi connectivity index (χ1) is 14.2. The van der Waals surface area contributed by atoms with Gasteiger partial charge in [0.15, 0.2) is 5.75 Å². The largest absolute Gasteiger partial charge is 0.506 e. The van der Waals surface area contributed by atoms with E-state index in [0.717, 1.165) is 12.3 Å². The summed E-state index contributed by atoms with van der Waals surface area (Å²) in [5.41, 5.74) is 1.25. The summed E-state index contributed by atoms with van der Waals surface area (Å²) in [6.45, 7) is 0. The fourth-order valence-electron chi connectivity index (χ4n) is 2.43. The van der Waals surface area contributed by atoms with Crippen LogP contribution in [0.3, 0.4) is 0 Å². The van der Waals surface area contributed by atoms with Crippen LogP contribution in [-0.4, -0.2) is 48.6 Å². The van der Waals surface area contributed by atoms with Crippen LogP contribution in [0.5, 0.6) is 28.7 Å². The number of amides is 1. The molecule has 0 saturated heterocycles. The van der Waals surface area contributed by atoms with Crippen LogP contribution in [0, 0.1) is 10.1 Å². The molecule has 0 bridgehead atoms. The number of rotatable bonds is 7. The molecule has 30 heavy (non-hydrogen) atoms. The van der Waals surface area contributed by atoms with Crippen LogP contribution in [0.4, 0.5) is 5.69 Å². The third kappa shape index (κ3) is 4.41. The summed E-state index contributed by atoms with van der Waals surface area (Å²) in [6, 6.07) is 2.47. The zero-order chi connectivity index (χ0) is 22.6. The number of methoxy groups -OCH3 is 3. The van der Waals surface area contributed by atoms with Crippen LogP contribution >= 0.6 is 31.9 Å². The minimum absolute atomic E-state index is 0.0184. The topological polar surface area (TPSA) is 153 Å². The Morgan fingerprint density at radius 1 is 1.13 bits per heavy atom. The van der Waals surface area contributed by atoms with Crippen LogP contribution in [0.25, 0.3) is 0 Å². The molecule has 0 radical (unpaired) electrons. The number of hydrogen-bond donors (Lipinski definition) is 3. The van der Waals surface area contributed by atoms with Crippen molar-refractivity contribution in [2.24, 2.45) is 5.10 Å². The van der Waals surface area contributed by atoms with Crippen LogP contribution < -0.4 is 19.6 Å². The first-order valence-corrected chi connectivity index (χ1v) is 9.47. The Labute approximate surface area is 186 Å². The normalized spacial score (nSPS) is 10.7. The van der Waals surface area contributed by atoms with Gasteiger partial charge >= 0.3 is 5.69 Å². The zero-order valence-corrected chi connectivity index (χ0v) is 18.9. The predicted molar refractivity (Wildman–Crippen MR) is 113 cm³/mol. The molecular formula is C17H15Br2N3O8. The first-order valence-electron chi connectivity index (χ1n) is 7.88. The first kappa shape index (κ1) is 23.2. The number of benzene rings is 2. The number of nitro groups is 1. The molecule has 0 aliphatic rings. The molecule has 2 aromatic rings. The molecule has 0 saturated carbocycles. The summed E-state index contributed by atoms with van der Waals surface area (Å²) in [5.74, 6) is -1.78. The van der Waals surface area contributed by atoms with E-state index in [9.17, 15) is 25.1 Å². The molecule has 3 N–H and O–H groups in total. The van der Waals surface area contributed by atoms with Crippen LogP contribution in [0.1, 0.15) is 15.9 Å². The average Bonchev–Trinajstić information content (AvgIpc) is 2.73. The number of aromatic hydroxyl groups is 2. The molecule has 11 nitrogen and oxygen atoms in total. The zero-order valence-electron chi connectivity index (χ0n) is 15.7. The standard InChI is InChI=1S/C17H15Br2N3O8/c1-28-10-5-8(12(22(26)27)16(30-3)15(10)29-2)17(25)21-20-6-7-4-9(18)14(24)11(19)13(7)23/h4-6,23-24H,1-3H3,(H,21,25)/b20-6-. The van der Waals surface area contributed by atoms with E-state index in [2.05, 4.69) is 42.4 Å². The van der Waals surface area contributed by atoms with Gasteiger partial charge < -0.3 is 24.4 Å². The Hall–Kier alpha value is -3.06. The number of phenolic OH excluding ortho intramolecular Hbond substituents is 2. The van der Waals surface area contributed by atoms with Gasteiger partial charge in [-0.05, 0) is 37.9 Å². The van der Waals surface area contributed by atoms with Gasteiger partial charge in [-0.15, -0.1) is 0 Å². The quantitative estimate of drug-likeness (QED) is 0.270. The fourth-order valence-corrected chi connectivity index (χ4v) is 3.58. The number of nitrogens with zero attached hydrogens (tertiary/aromatic N) is 2. The number of halogens is 2. The third-order valence-corrected chi connectivity index (χ3v) is 5.15. The van der Waals surface area contributed by atoms with Gasteiger partial charge in [0.05, 0.1) is 36.9 Å². The van der Waals surface area contributed by atoms with Gasteiger partial charge in [0.25, 0.3) is 5.91 Å². The SMILES string of the molecule is COc1cc(C(=O)N/N=C\c2cc(Br)c(O)c(Br)c2O)c([N+](=O)[O-])c(OC)c1OC. The van der Waals surface area contributed by atoms with Crippen molar-refractivity contribution in [3.05, 3.63) is 42.3 Å². The van der Waals surface area contributed by atoms with Crippen molar-refractivity contribution in [1.29, 1.82) is 0 Å². The Morgan fingerprint density at radius 2 is 1.77 bits per heavy atom. The Kier molecular flexibility index (Phi) is 7.45. The van der Waals surface area contributed by atoms with Gasteiger partial charge in [-0.25, -0.2) is 5.43 Å². The molecule has 13 heteroatoms. The molecule has 0 unspecified atom stereocenters. The number of carbonyl (C=O) groups excluding carboxylic acids is 1. The van der Waals surface area contributed by atoms with Crippen LogP contribution in [0.15, 0.2) is 26.2 Å². The summed E-state index contributed by atoms with van der Waals surface area (Å²) in [5, 5.41) is 35.0. The molecule has 0 aliphatic heterocycles. The summed E-state index contributed by atoms with van der Waals surface area (Å²) >= 11 is 6.12. The Morgan fingerprint density at radius 3 is 2.30 bits per heavy atom. The van der Waals surface area contributed by atoms with Crippen molar-refractivity contribution in [1.82, 2.24) is 5.43 Å². The number of nitro benzene ring substituents is 1. The lowest BCUT2D eigenvalue weighted by atomic mass is 10.1. The van der Waals surface area contributed by atoms with Gasteiger partial charge in [0, 0.05) is 11.6 Å². The molecule has 2 rings (SSSR count). The molecule has 0 atom stereocenters. The maximum atomic E-state index is 12.6. The summed E-state index contributed by atoms with van der Waals surface area (Å²) in [6.07, 6.45) is 1.09. The second-order valence-corrected chi connectivity index (χ2v) is 7.10. The molecule has 2 aromatic carbocycles. The van der Waals surface area contributed by atoms with Gasteiger partial charge in [0.2, 0.25) is 11.5 Å². The highest BCUT2D eigenvalue weighted by molar-refractivity contribution is 9.11. The van der Waals surface area contributed by atoms with E-state index in [0.29, 0.717) is 0 Å².